The summed E-state index contributed by atoms with van der Waals surface area (Å²) in [5, 5.41) is 11.6. The molecule has 152 valence electrons. The molecule has 5 rings (SSSR count). The Morgan fingerprint density at radius 3 is 2.80 bits per heavy atom. The molecule has 30 heavy (non-hydrogen) atoms. The van der Waals surface area contributed by atoms with E-state index in [4.69, 9.17) is 4.98 Å². The summed E-state index contributed by atoms with van der Waals surface area (Å²) in [6.45, 7) is 4.91. The summed E-state index contributed by atoms with van der Waals surface area (Å²) in [6.07, 6.45) is 7.48. The lowest BCUT2D eigenvalue weighted by Gasteiger charge is -2.27. The summed E-state index contributed by atoms with van der Waals surface area (Å²) in [7, 11) is 1.89. The van der Waals surface area contributed by atoms with Gasteiger partial charge in [0.05, 0.1) is 42.0 Å². The van der Waals surface area contributed by atoms with E-state index >= 15 is 0 Å². The van der Waals surface area contributed by atoms with E-state index < -0.39 is 0 Å². The van der Waals surface area contributed by atoms with Gasteiger partial charge in [0.15, 0.2) is 0 Å². The normalized spacial score (nSPS) is 14.9. The molecular weight excluding hydrogens is 378 g/mol. The van der Waals surface area contributed by atoms with Crippen LogP contribution in [0.3, 0.4) is 0 Å². The fraction of sp³-hybridized carbons (Fsp3) is 0.273. The number of carbonyl (C=O) groups is 1. The molecule has 4 aromatic rings. The number of fused-ring (bicyclic) bond motifs is 1. The number of aromatic nitrogens is 5. The Balaban J connectivity index is 1.51. The zero-order valence-electron chi connectivity index (χ0n) is 17.0. The largest absolute Gasteiger partial charge is 0.354 e. The maximum atomic E-state index is 11.7. The van der Waals surface area contributed by atoms with Crippen LogP contribution in [0, 0.1) is 6.92 Å². The average Bonchev–Trinajstić information content (AvgIpc) is 3.37. The van der Waals surface area contributed by atoms with E-state index in [1.54, 1.807) is 10.9 Å². The summed E-state index contributed by atoms with van der Waals surface area (Å²) in [6, 6.07) is 8.39. The van der Waals surface area contributed by atoms with Crippen LogP contribution in [0.2, 0.25) is 0 Å². The zero-order valence-corrected chi connectivity index (χ0v) is 17.0. The van der Waals surface area contributed by atoms with Crippen molar-refractivity contribution in [1.29, 1.82) is 0 Å². The van der Waals surface area contributed by atoms with Crippen molar-refractivity contribution in [3.8, 4) is 22.5 Å². The second-order valence-corrected chi connectivity index (χ2v) is 7.74. The molecule has 0 bridgehead atoms. The molecule has 1 aliphatic rings. The van der Waals surface area contributed by atoms with Crippen LogP contribution in [0.5, 0.6) is 0 Å². The van der Waals surface area contributed by atoms with Gasteiger partial charge in [-0.3, -0.25) is 14.4 Å². The molecule has 8 heteroatoms. The van der Waals surface area contributed by atoms with Crippen molar-refractivity contribution in [3.63, 3.8) is 0 Å². The van der Waals surface area contributed by atoms with Gasteiger partial charge in [-0.15, -0.1) is 0 Å². The van der Waals surface area contributed by atoms with Crippen LogP contribution in [-0.2, 0) is 18.4 Å². The van der Waals surface area contributed by atoms with Crippen molar-refractivity contribution in [2.45, 2.75) is 13.5 Å². The van der Waals surface area contributed by atoms with Crippen LogP contribution in [0.15, 0.2) is 49.1 Å². The first-order chi connectivity index (χ1) is 14.6. The van der Waals surface area contributed by atoms with Crippen molar-refractivity contribution < 1.29 is 4.79 Å². The van der Waals surface area contributed by atoms with E-state index in [2.05, 4.69) is 45.5 Å². The van der Waals surface area contributed by atoms with Gasteiger partial charge in [0, 0.05) is 44.0 Å². The fourth-order valence-electron chi connectivity index (χ4n) is 3.92. The number of hydrogen-bond donors (Lipinski definition) is 1. The number of aryl methyl sites for hydroxylation is 2. The lowest BCUT2D eigenvalue weighted by molar-refractivity contribution is -0.124. The van der Waals surface area contributed by atoms with Crippen molar-refractivity contribution in [2.24, 2.45) is 7.05 Å². The number of hydrogen-bond acceptors (Lipinski definition) is 5. The third-order valence-corrected chi connectivity index (χ3v) is 5.52. The van der Waals surface area contributed by atoms with E-state index in [1.807, 2.05) is 36.2 Å². The number of carbonyl (C=O) groups excluding carboxylic acids is 1. The van der Waals surface area contributed by atoms with Crippen LogP contribution in [0.25, 0.3) is 28.0 Å². The lowest BCUT2D eigenvalue weighted by Crippen LogP contribution is -2.47. The molecule has 1 aromatic carbocycles. The molecule has 1 fully saturated rings. The molecule has 0 saturated carbocycles. The van der Waals surface area contributed by atoms with Gasteiger partial charge in [0.1, 0.15) is 0 Å². The van der Waals surface area contributed by atoms with E-state index in [0.717, 1.165) is 41.1 Å². The Labute approximate surface area is 174 Å². The molecule has 4 heterocycles. The van der Waals surface area contributed by atoms with Crippen LogP contribution in [-0.4, -0.2) is 54.8 Å². The molecule has 1 amide bonds. The fourth-order valence-corrected chi connectivity index (χ4v) is 3.92. The van der Waals surface area contributed by atoms with Crippen molar-refractivity contribution >= 4 is 11.4 Å². The minimum Gasteiger partial charge on any atom is -0.354 e. The minimum atomic E-state index is 0.0927. The summed E-state index contributed by atoms with van der Waals surface area (Å²) in [4.78, 5) is 18.8. The molecule has 1 saturated heterocycles. The number of benzene rings is 1. The predicted octanol–water partition coefficient (Wildman–Crippen LogP) is 2.04. The van der Waals surface area contributed by atoms with Gasteiger partial charge in [-0.05, 0) is 30.2 Å². The van der Waals surface area contributed by atoms with E-state index in [0.29, 0.717) is 13.1 Å². The van der Waals surface area contributed by atoms with Gasteiger partial charge < -0.3 is 5.32 Å². The summed E-state index contributed by atoms with van der Waals surface area (Å²) in [5.41, 5.74) is 7.08. The van der Waals surface area contributed by atoms with Gasteiger partial charge in [-0.1, -0.05) is 12.1 Å². The lowest BCUT2D eigenvalue weighted by atomic mass is 10.0. The number of piperazine rings is 1. The highest BCUT2D eigenvalue weighted by molar-refractivity contribution is 5.80. The summed E-state index contributed by atoms with van der Waals surface area (Å²) >= 11 is 0. The van der Waals surface area contributed by atoms with Crippen molar-refractivity contribution in [3.05, 3.63) is 60.2 Å². The summed E-state index contributed by atoms with van der Waals surface area (Å²) < 4.78 is 3.63. The second-order valence-electron chi connectivity index (χ2n) is 7.74. The summed E-state index contributed by atoms with van der Waals surface area (Å²) in [5.74, 6) is 0.0927. The van der Waals surface area contributed by atoms with Crippen LogP contribution in [0.4, 0.5) is 0 Å². The van der Waals surface area contributed by atoms with Crippen LogP contribution in [0.1, 0.15) is 11.1 Å². The van der Waals surface area contributed by atoms with E-state index in [-0.39, 0.29) is 5.91 Å². The van der Waals surface area contributed by atoms with E-state index in [9.17, 15) is 4.79 Å². The van der Waals surface area contributed by atoms with Gasteiger partial charge in [0.2, 0.25) is 5.91 Å². The number of nitrogens with zero attached hydrogens (tertiary/aromatic N) is 6. The second kappa shape index (κ2) is 7.38. The highest BCUT2D eigenvalue weighted by atomic mass is 16.2. The molecule has 3 aromatic heterocycles. The quantitative estimate of drug-likeness (QED) is 0.566. The Bertz CT molecular complexity index is 1240. The molecule has 0 radical (unpaired) electrons. The smallest absolute Gasteiger partial charge is 0.234 e. The molecule has 0 unspecified atom stereocenters. The van der Waals surface area contributed by atoms with Crippen molar-refractivity contribution in [2.75, 3.05) is 19.6 Å². The average molecular weight is 401 g/mol. The first-order valence-corrected chi connectivity index (χ1v) is 9.99. The molecule has 0 spiro atoms. The SMILES string of the molecule is Cc1cc(-c2nc(-c3cnn(C)c3)cn3nccc23)ccc1CN1CCNC(=O)C1. The first-order valence-electron chi connectivity index (χ1n) is 9.99. The van der Waals surface area contributed by atoms with E-state index in [1.165, 1.54) is 11.1 Å². The van der Waals surface area contributed by atoms with Crippen LogP contribution < -0.4 is 5.32 Å². The molecule has 1 aliphatic heterocycles. The van der Waals surface area contributed by atoms with Gasteiger partial charge >= 0.3 is 0 Å². The number of amides is 1. The molecule has 0 atom stereocenters. The Hall–Kier alpha value is -3.52. The highest BCUT2D eigenvalue weighted by Crippen LogP contribution is 2.28. The van der Waals surface area contributed by atoms with Gasteiger partial charge in [-0.2, -0.15) is 10.2 Å². The topological polar surface area (TPSA) is 80.4 Å². The maximum Gasteiger partial charge on any atom is 0.234 e. The van der Waals surface area contributed by atoms with Gasteiger partial charge in [-0.25, -0.2) is 9.50 Å². The van der Waals surface area contributed by atoms with Crippen molar-refractivity contribution in [1.82, 2.24) is 34.6 Å². The molecule has 1 N–H and O–H groups in total. The Morgan fingerprint density at radius 2 is 2.03 bits per heavy atom. The Kier molecular flexibility index (Phi) is 4.55. The third-order valence-electron chi connectivity index (χ3n) is 5.52. The van der Waals surface area contributed by atoms with Gasteiger partial charge in [0.25, 0.3) is 0 Å². The first kappa shape index (κ1) is 18.5. The maximum absolute atomic E-state index is 11.7. The highest BCUT2D eigenvalue weighted by Gasteiger charge is 2.18. The molecule has 8 nitrogen and oxygen atoms in total. The zero-order chi connectivity index (χ0) is 20.7. The monoisotopic (exact) mass is 401 g/mol. The molecular formula is C22H23N7O. The molecule has 0 aliphatic carbocycles. The standard InChI is InChI=1S/C22H23N7O/c1-15-9-16(3-4-17(15)12-28-8-7-23-21(30)14-28)22-20-5-6-24-29(20)13-19(26-22)18-10-25-27(2)11-18/h3-6,9-11,13H,7-8,12,14H2,1-2H3,(H,23,30). The number of rotatable bonds is 4. The van der Waals surface area contributed by atoms with Crippen LogP contribution >= 0.6 is 0 Å². The predicted molar refractivity (Wildman–Crippen MR) is 114 cm³/mol. The Morgan fingerprint density at radius 1 is 1.13 bits per heavy atom. The third kappa shape index (κ3) is 3.46. The minimum absolute atomic E-state index is 0.0927. The number of nitrogens with one attached hydrogen (secondary N) is 1.